The van der Waals surface area contributed by atoms with Gasteiger partial charge in [-0.05, 0) is 31.6 Å². The monoisotopic (exact) mass is 211 g/mol. The first kappa shape index (κ1) is 10.9. The molecule has 0 aromatic heterocycles. The Hall–Kier alpha value is -0.570. The molecule has 1 N–H and O–H groups in total. The van der Waals surface area contributed by atoms with Crippen LogP contribution in [0.1, 0.15) is 45.4 Å². The highest BCUT2D eigenvalue weighted by atomic mass is 16.5. The van der Waals surface area contributed by atoms with Gasteiger partial charge in [-0.1, -0.05) is 19.8 Å². The Bertz CT molecular complexity index is 240. The van der Waals surface area contributed by atoms with Crippen LogP contribution in [0, 0.1) is 5.92 Å². The third kappa shape index (κ3) is 2.03. The lowest BCUT2D eigenvalue weighted by atomic mass is 9.68. The van der Waals surface area contributed by atoms with E-state index in [0.29, 0.717) is 12.0 Å². The lowest BCUT2D eigenvalue weighted by Gasteiger charge is -2.46. The smallest absolute Gasteiger partial charge is 0.326 e. The van der Waals surface area contributed by atoms with Gasteiger partial charge in [0.05, 0.1) is 7.11 Å². The minimum absolute atomic E-state index is 0.0625. The van der Waals surface area contributed by atoms with E-state index in [1.54, 1.807) is 0 Å². The van der Waals surface area contributed by atoms with Gasteiger partial charge in [0.2, 0.25) is 0 Å². The van der Waals surface area contributed by atoms with Gasteiger partial charge >= 0.3 is 5.97 Å². The highest BCUT2D eigenvalue weighted by Crippen LogP contribution is 2.39. The average molecular weight is 211 g/mol. The summed E-state index contributed by atoms with van der Waals surface area (Å²) in [6, 6.07) is 0.539. The van der Waals surface area contributed by atoms with Gasteiger partial charge in [-0.2, -0.15) is 0 Å². The number of carbonyl (C=O) groups excluding carboxylic acids is 1. The standard InChI is InChI=1S/C12H21NO2/c1-9-7-12(8-9,11(14)15-2)13-10-5-3-4-6-10/h9-10,13H,3-8H2,1-2H3. The van der Waals surface area contributed by atoms with E-state index in [4.69, 9.17) is 4.74 Å². The summed E-state index contributed by atoms with van der Waals surface area (Å²) in [6.07, 6.45) is 6.90. The molecule has 0 amide bonds. The van der Waals surface area contributed by atoms with E-state index in [9.17, 15) is 4.79 Å². The zero-order valence-electron chi connectivity index (χ0n) is 9.71. The lowest BCUT2D eigenvalue weighted by Crippen LogP contribution is -2.63. The summed E-state index contributed by atoms with van der Waals surface area (Å²) in [5.74, 6) is 0.588. The van der Waals surface area contributed by atoms with E-state index in [-0.39, 0.29) is 11.5 Å². The predicted molar refractivity (Wildman–Crippen MR) is 58.5 cm³/mol. The molecule has 2 saturated carbocycles. The molecule has 2 aliphatic carbocycles. The van der Waals surface area contributed by atoms with Gasteiger partial charge in [0.15, 0.2) is 0 Å². The van der Waals surface area contributed by atoms with Crippen LogP contribution in [0.15, 0.2) is 0 Å². The van der Waals surface area contributed by atoms with Gasteiger partial charge in [-0.3, -0.25) is 10.1 Å². The molecule has 3 heteroatoms. The molecule has 0 aromatic carbocycles. The third-order valence-electron chi connectivity index (χ3n) is 3.81. The molecule has 0 heterocycles. The van der Waals surface area contributed by atoms with Crippen molar-refractivity contribution in [2.45, 2.75) is 57.0 Å². The number of rotatable bonds is 3. The number of hydrogen-bond donors (Lipinski definition) is 1. The maximum atomic E-state index is 11.8. The van der Waals surface area contributed by atoms with Gasteiger partial charge in [0, 0.05) is 6.04 Å². The summed E-state index contributed by atoms with van der Waals surface area (Å²) in [6.45, 7) is 2.19. The molecule has 0 bridgehead atoms. The molecule has 15 heavy (non-hydrogen) atoms. The normalized spacial score (nSPS) is 36.3. The average Bonchev–Trinajstić information content (AvgIpc) is 2.66. The molecule has 86 valence electrons. The number of hydrogen-bond acceptors (Lipinski definition) is 3. The zero-order valence-corrected chi connectivity index (χ0v) is 9.71. The van der Waals surface area contributed by atoms with Crippen molar-refractivity contribution in [2.75, 3.05) is 7.11 Å². The molecule has 0 spiro atoms. The van der Waals surface area contributed by atoms with Gasteiger partial charge in [-0.15, -0.1) is 0 Å². The summed E-state index contributed by atoms with van der Waals surface area (Å²) in [5.41, 5.74) is -0.344. The van der Waals surface area contributed by atoms with E-state index < -0.39 is 0 Å². The Morgan fingerprint density at radius 1 is 1.33 bits per heavy atom. The van der Waals surface area contributed by atoms with E-state index in [2.05, 4.69) is 12.2 Å². The quantitative estimate of drug-likeness (QED) is 0.724. The van der Waals surface area contributed by atoms with Gasteiger partial charge < -0.3 is 4.74 Å². The second kappa shape index (κ2) is 4.12. The van der Waals surface area contributed by atoms with Crippen molar-refractivity contribution in [3.8, 4) is 0 Å². The Morgan fingerprint density at radius 2 is 1.93 bits per heavy atom. The molecule has 2 rings (SSSR count). The first-order valence-corrected chi connectivity index (χ1v) is 6.02. The van der Waals surface area contributed by atoms with Crippen LogP contribution in [-0.4, -0.2) is 24.7 Å². The summed E-state index contributed by atoms with van der Waals surface area (Å²) in [7, 11) is 1.49. The number of carbonyl (C=O) groups is 1. The second-order valence-corrected chi connectivity index (χ2v) is 5.21. The van der Waals surface area contributed by atoms with Crippen LogP contribution in [-0.2, 0) is 9.53 Å². The molecule has 0 radical (unpaired) electrons. The zero-order chi connectivity index (χ0) is 10.9. The van der Waals surface area contributed by atoms with Crippen LogP contribution in [0.2, 0.25) is 0 Å². The van der Waals surface area contributed by atoms with Gasteiger partial charge in [0.1, 0.15) is 5.54 Å². The fourth-order valence-corrected chi connectivity index (χ4v) is 3.13. The van der Waals surface area contributed by atoms with Crippen LogP contribution in [0.5, 0.6) is 0 Å². The molecule has 0 unspecified atom stereocenters. The van der Waals surface area contributed by atoms with Crippen molar-refractivity contribution < 1.29 is 9.53 Å². The summed E-state index contributed by atoms with van der Waals surface area (Å²) >= 11 is 0. The molecule has 0 aliphatic heterocycles. The maximum absolute atomic E-state index is 11.8. The fourth-order valence-electron chi connectivity index (χ4n) is 3.13. The number of methoxy groups -OCH3 is 1. The van der Waals surface area contributed by atoms with Crippen molar-refractivity contribution in [3.05, 3.63) is 0 Å². The molecule has 0 saturated heterocycles. The third-order valence-corrected chi connectivity index (χ3v) is 3.81. The first-order valence-electron chi connectivity index (χ1n) is 6.02. The highest BCUT2D eigenvalue weighted by molar-refractivity contribution is 5.82. The van der Waals surface area contributed by atoms with E-state index in [1.165, 1.54) is 32.8 Å². The summed E-state index contributed by atoms with van der Waals surface area (Å²) in [5, 5.41) is 3.54. The molecular formula is C12H21NO2. The van der Waals surface area contributed by atoms with Gasteiger partial charge in [-0.25, -0.2) is 0 Å². The predicted octanol–water partition coefficient (Wildman–Crippen LogP) is 1.86. The molecule has 0 atom stereocenters. The SMILES string of the molecule is COC(=O)C1(NC2CCCC2)CC(C)C1. The summed E-state index contributed by atoms with van der Waals surface area (Å²) in [4.78, 5) is 11.8. The topological polar surface area (TPSA) is 38.3 Å². The molecule has 3 nitrogen and oxygen atoms in total. The number of ether oxygens (including phenoxy) is 1. The Balaban J connectivity index is 1.97. The van der Waals surface area contributed by atoms with Crippen LogP contribution in [0.3, 0.4) is 0 Å². The van der Waals surface area contributed by atoms with Crippen LogP contribution in [0.25, 0.3) is 0 Å². The highest BCUT2D eigenvalue weighted by Gasteiger charge is 2.50. The van der Waals surface area contributed by atoms with Crippen molar-refractivity contribution in [3.63, 3.8) is 0 Å². The number of nitrogens with one attached hydrogen (secondary N) is 1. The van der Waals surface area contributed by atoms with E-state index in [1.807, 2.05) is 0 Å². The Kier molecular flexibility index (Phi) is 3.01. The van der Waals surface area contributed by atoms with Crippen LogP contribution >= 0.6 is 0 Å². The van der Waals surface area contributed by atoms with Crippen molar-refractivity contribution in [1.82, 2.24) is 5.32 Å². The minimum atomic E-state index is -0.344. The van der Waals surface area contributed by atoms with E-state index >= 15 is 0 Å². The van der Waals surface area contributed by atoms with Crippen LogP contribution < -0.4 is 5.32 Å². The lowest BCUT2D eigenvalue weighted by molar-refractivity contribution is -0.155. The van der Waals surface area contributed by atoms with Crippen molar-refractivity contribution >= 4 is 5.97 Å². The molecular weight excluding hydrogens is 190 g/mol. The maximum Gasteiger partial charge on any atom is 0.326 e. The molecule has 2 fully saturated rings. The molecule has 2 aliphatic rings. The summed E-state index contributed by atoms with van der Waals surface area (Å²) < 4.78 is 4.91. The Labute approximate surface area is 91.6 Å². The number of esters is 1. The van der Waals surface area contributed by atoms with Crippen molar-refractivity contribution in [1.29, 1.82) is 0 Å². The second-order valence-electron chi connectivity index (χ2n) is 5.21. The van der Waals surface area contributed by atoms with Crippen LogP contribution in [0.4, 0.5) is 0 Å². The Morgan fingerprint density at radius 3 is 2.40 bits per heavy atom. The van der Waals surface area contributed by atoms with Gasteiger partial charge in [0.25, 0.3) is 0 Å². The van der Waals surface area contributed by atoms with Crippen molar-refractivity contribution in [2.24, 2.45) is 5.92 Å². The molecule has 0 aromatic rings. The fraction of sp³-hybridized carbons (Fsp3) is 0.917. The largest absolute Gasteiger partial charge is 0.468 e. The minimum Gasteiger partial charge on any atom is -0.468 e. The first-order chi connectivity index (χ1) is 7.16. The van der Waals surface area contributed by atoms with E-state index in [0.717, 1.165) is 12.8 Å².